The van der Waals surface area contributed by atoms with Crippen LogP contribution in [0.2, 0.25) is 0 Å². The summed E-state index contributed by atoms with van der Waals surface area (Å²) in [5.74, 6) is -2.75. The maximum Gasteiger partial charge on any atom is 0.254 e. The molecule has 2 heterocycles. The fourth-order valence-corrected chi connectivity index (χ4v) is 3.98. The molecule has 1 aromatic heterocycles. The minimum atomic E-state index is -0.913. The van der Waals surface area contributed by atoms with Crippen LogP contribution in [0.25, 0.3) is 0 Å². The van der Waals surface area contributed by atoms with Gasteiger partial charge in [0.05, 0.1) is 29.3 Å². The zero-order valence-corrected chi connectivity index (χ0v) is 17.9. The second-order valence-electron chi connectivity index (χ2n) is 8.42. The van der Waals surface area contributed by atoms with Crippen LogP contribution in [0, 0.1) is 24.5 Å². The van der Waals surface area contributed by atoms with E-state index in [1.54, 1.807) is 12.1 Å². The number of hydrogen-bond donors (Lipinski definition) is 2. The van der Waals surface area contributed by atoms with Gasteiger partial charge in [-0.15, -0.1) is 0 Å². The van der Waals surface area contributed by atoms with Gasteiger partial charge in [-0.1, -0.05) is 19.9 Å². The zero-order chi connectivity index (χ0) is 22.2. The van der Waals surface area contributed by atoms with Crippen molar-refractivity contribution in [1.82, 2.24) is 4.98 Å². The van der Waals surface area contributed by atoms with E-state index in [4.69, 9.17) is 4.74 Å². The summed E-state index contributed by atoms with van der Waals surface area (Å²) < 4.78 is 33.9. The van der Waals surface area contributed by atoms with Crippen molar-refractivity contribution in [3.63, 3.8) is 0 Å². The molecule has 5 nitrogen and oxygen atoms in total. The molecule has 0 aliphatic carbocycles. The Balaban J connectivity index is 1.89. The average Bonchev–Trinajstić information content (AvgIpc) is 2.96. The summed E-state index contributed by atoms with van der Waals surface area (Å²) in [4.78, 5) is 17.3. The molecule has 1 aromatic carbocycles. The average molecular weight is 418 g/mol. The first-order chi connectivity index (χ1) is 14.1. The summed E-state index contributed by atoms with van der Waals surface area (Å²) >= 11 is 0. The number of carbonyl (C=O) groups excluding carboxylic acids is 1. The smallest absolute Gasteiger partial charge is 0.254 e. The first kappa shape index (κ1) is 22.3. The highest BCUT2D eigenvalue weighted by molar-refractivity contribution is 5.95. The lowest BCUT2D eigenvalue weighted by molar-refractivity contribution is -0.131. The number of pyridine rings is 1. The number of anilines is 1. The molecule has 1 aliphatic rings. The second-order valence-corrected chi connectivity index (χ2v) is 8.42. The quantitative estimate of drug-likeness (QED) is 0.742. The molecule has 30 heavy (non-hydrogen) atoms. The summed E-state index contributed by atoms with van der Waals surface area (Å²) in [5, 5.41) is 12.7. The summed E-state index contributed by atoms with van der Waals surface area (Å²) in [5.41, 5.74) is 1.11. The van der Waals surface area contributed by atoms with Crippen molar-refractivity contribution in [2.24, 2.45) is 5.92 Å². The first-order valence-electron chi connectivity index (χ1n) is 10.1. The summed E-state index contributed by atoms with van der Waals surface area (Å²) in [6.07, 6.45) is 0.486. The Bertz CT molecular complexity index is 931. The number of carbonyl (C=O) groups is 1. The standard InChI is InChI=1S/C23H28F2N2O3/c1-6-18(28)17-10-7-14(11-26-17)27-22(29)21-19(13(3)23(4,5)30-21)15-8-9-16(24)20(25)12(15)2/h7-11,13,18-19,21,28H,6H2,1-5H3,(H,27,29)/t13-,18+,19+,21-/m1/s1. The lowest BCUT2D eigenvalue weighted by atomic mass is 9.77. The number of aliphatic hydroxyl groups is 1. The third-order valence-corrected chi connectivity index (χ3v) is 6.17. The molecule has 162 valence electrons. The molecule has 1 saturated heterocycles. The number of hydrogen-bond acceptors (Lipinski definition) is 4. The number of rotatable bonds is 5. The minimum Gasteiger partial charge on any atom is -0.387 e. The van der Waals surface area contributed by atoms with Gasteiger partial charge in [-0.05, 0) is 62.4 Å². The van der Waals surface area contributed by atoms with Gasteiger partial charge in [-0.3, -0.25) is 9.78 Å². The molecule has 0 saturated carbocycles. The molecule has 0 spiro atoms. The fourth-order valence-electron chi connectivity index (χ4n) is 3.98. The van der Waals surface area contributed by atoms with Crippen LogP contribution in [-0.2, 0) is 9.53 Å². The van der Waals surface area contributed by atoms with Crippen LogP contribution in [0.3, 0.4) is 0 Å². The lowest BCUT2D eigenvalue weighted by Gasteiger charge is -2.25. The van der Waals surface area contributed by atoms with Crippen molar-refractivity contribution in [2.45, 2.75) is 64.8 Å². The second kappa shape index (κ2) is 8.40. The largest absolute Gasteiger partial charge is 0.387 e. The van der Waals surface area contributed by atoms with Gasteiger partial charge in [0.15, 0.2) is 11.6 Å². The van der Waals surface area contributed by atoms with Crippen LogP contribution in [-0.4, -0.2) is 27.7 Å². The van der Waals surface area contributed by atoms with Crippen molar-refractivity contribution in [2.75, 3.05) is 5.32 Å². The Morgan fingerprint density at radius 1 is 1.30 bits per heavy atom. The molecular weight excluding hydrogens is 390 g/mol. The molecule has 0 bridgehead atoms. The number of amides is 1. The molecule has 7 heteroatoms. The Labute approximate surface area is 175 Å². The van der Waals surface area contributed by atoms with Gasteiger partial charge in [0.1, 0.15) is 6.10 Å². The molecular formula is C23H28F2N2O3. The lowest BCUT2D eigenvalue weighted by Crippen LogP contribution is -2.33. The van der Waals surface area contributed by atoms with E-state index in [0.717, 1.165) is 6.07 Å². The maximum atomic E-state index is 14.2. The van der Waals surface area contributed by atoms with E-state index in [-0.39, 0.29) is 17.4 Å². The molecule has 0 unspecified atom stereocenters. The van der Waals surface area contributed by atoms with E-state index in [0.29, 0.717) is 23.4 Å². The van der Waals surface area contributed by atoms with Gasteiger partial charge in [-0.25, -0.2) is 8.78 Å². The molecule has 2 aromatic rings. The van der Waals surface area contributed by atoms with Crippen LogP contribution in [0.5, 0.6) is 0 Å². The third-order valence-electron chi connectivity index (χ3n) is 6.17. The van der Waals surface area contributed by atoms with Gasteiger partial charge in [0.2, 0.25) is 0 Å². The molecule has 4 atom stereocenters. The monoisotopic (exact) mass is 418 g/mol. The first-order valence-corrected chi connectivity index (χ1v) is 10.1. The number of aliphatic hydroxyl groups excluding tert-OH is 1. The van der Waals surface area contributed by atoms with Gasteiger partial charge >= 0.3 is 0 Å². The van der Waals surface area contributed by atoms with Gasteiger partial charge < -0.3 is 15.2 Å². The SMILES string of the molecule is CC[C@H](O)c1ccc(NC(=O)[C@@H]2OC(C)(C)[C@H](C)[C@H]2c2ccc(F)c(F)c2C)cn1. The van der Waals surface area contributed by atoms with Crippen molar-refractivity contribution < 1.29 is 23.4 Å². The Kier molecular flexibility index (Phi) is 6.24. The highest BCUT2D eigenvalue weighted by Crippen LogP contribution is 2.47. The van der Waals surface area contributed by atoms with Crippen LogP contribution in [0.15, 0.2) is 30.5 Å². The highest BCUT2D eigenvalue weighted by atomic mass is 19.2. The number of nitrogens with zero attached hydrogens (tertiary/aromatic N) is 1. The Hall–Kier alpha value is -2.38. The van der Waals surface area contributed by atoms with Crippen LogP contribution in [0.1, 0.15) is 63.0 Å². The zero-order valence-electron chi connectivity index (χ0n) is 17.9. The number of aromatic nitrogens is 1. The summed E-state index contributed by atoms with van der Waals surface area (Å²) in [6.45, 7) is 9.08. The van der Waals surface area contributed by atoms with E-state index in [1.165, 1.54) is 19.2 Å². The van der Waals surface area contributed by atoms with E-state index < -0.39 is 35.4 Å². The number of nitrogens with one attached hydrogen (secondary N) is 1. The Morgan fingerprint density at radius 2 is 2.00 bits per heavy atom. The van der Waals surface area contributed by atoms with Crippen LogP contribution in [0.4, 0.5) is 14.5 Å². The predicted octanol–water partition coefficient (Wildman–Crippen LogP) is 4.65. The van der Waals surface area contributed by atoms with E-state index in [9.17, 15) is 18.7 Å². The maximum absolute atomic E-state index is 14.2. The minimum absolute atomic E-state index is 0.114. The Morgan fingerprint density at radius 3 is 2.60 bits per heavy atom. The van der Waals surface area contributed by atoms with Crippen LogP contribution >= 0.6 is 0 Å². The van der Waals surface area contributed by atoms with Gasteiger partial charge in [0.25, 0.3) is 5.91 Å². The van der Waals surface area contributed by atoms with Gasteiger partial charge in [0, 0.05) is 5.92 Å². The molecule has 0 radical (unpaired) electrons. The highest BCUT2D eigenvalue weighted by Gasteiger charge is 2.51. The normalized spacial score (nSPS) is 23.9. The molecule has 2 N–H and O–H groups in total. The third kappa shape index (κ3) is 4.09. The van der Waals surface area contributed by atoms with Gasteiger partial charge in [-0.2, -0.15) is 0 Å². The summed E-state index contributed by atoms with van der Waals surface area (Å²) in [6, 6.07) is 5.94. The molecule has 3 rings (SSSR count). The van der Waals surface area contributed by atoms with Crippen molar-refractivity contribution >= 4 is 11.6 Å². The van der Waals surface area contributed by atoms with E-state index in [1.807, 2.05) is 27.7 Å². The predicted molar refractivity (Wildman–Crippen MR) is 110 cm³/mol. The van der Waals surface area contributed by atoms with Crippen molar-refractivity contribution in [3.8, 4) is 0 Å². The molecule has 1 fully saturated rings. The van der Waals surface area contributed by atoms with E-state index >= 15 is 0 Å². The molecule has 1 amide bonds. The number of halogens is 2. The molecule has 1 aliphatic heterocycles. The van der Waals surface area contributed by atoms with E-state index in [2.05, 4.69) is 10.3 Å². The van der Waals surface area contributed by atoms with Crippen LogP contribution < -0.4 is 5.32 Å². The van der Waals surface area contributed by atoms with Crippen molar-refractivity contribution in [3.05, 3.63) is 58.9 Å². The topological polar surface area (TPSA) is 71.5 Å². The van der Waals surface area contributed by atoms with Crippen molar-refractivity contribution in [1.29, 1.82) is 0 Å². The number of benzene rings is 1. The summed E-state index contributed by atoms with van der Waals surface area (Å²) in [7, 11) is 0. The number of ether oxygens (including phenoxy) is 1. The fraction of sp³-hybridized carbons (Fsp3) is 0.478.